The SMILES string of the molecule is CN(C)C(=N)N=C(N)N.O=P(O)(O)O[C@@H]1O[C@H](CO)[C@@H](O)[C@H](O)[C@H]1O. The summed E-state index contributed by atoms with van der Waals surface area (Å²) in [5.41, 5.74) is 9.98. The molecular weight excluding hydrogens is 365 g/mol. The Morgan fingerprint density at radius 3 is 2.08 bits per heavy atom. The molecule has 0 aromatic rings. The van der Waals surface area contributed by atoms with Gasteiger partial charge in [-0.2, -0.15) is 4.99 Å². The topological polar surface area (TPSA) is 248 Å². The second-order valence-electron chi connectivity index (χ2n) is 5.05. The van der Waals surface area contributed by atoms with Gasteiger partial charge in [-0.1, -0.05) is 0 Å². The van der Waals surface area contributed by atoms with Gasteiger partial charge in [0.25, 0.3) is 0 Å². The number of nitrogens with one attached hydrogen (secondary N) is 1. The molecule has 0 amide bonds. The number of rotatable bonds is 3. The number of hydrogen-bond acceptors (Lipinski definition) is 8. The first kappa shape index (κ1) is 23.6. The quantitative estimate of drug-likeness (QED) is 0.126. The van der Waals surface area contributed by atoms with Gasteiger partial charge < -0.3 is 51.3 Å². The maximum atomic E-state index is 10.5. The summed E-state index contributed by atoms with van der Waals surface area (Å²) in [6, 6.07) is 0. The van der Waals surface area contributed by atoms with Gasteiger partial charge in [-0.15, -0.1) is 0 Å². The van der Waals surface area contributed by atoms with Crippen molar-refractivity contribution in [3.8, 4) is 0 Å². The lowest BCUT2D eigenvalue weighted by atomic mass is 10.00. The number of nitrogens with two attached hydrogens (primary N) is 2. The van der Waals surface area contributed by atoms with E-state index in [4.69, 9.17) is 31.8 Å². The van der Waals surface area contributed by atoms with Crippen molar-refractivity contribution in [1.29, 1.82) is 5.41 Å². The number of aliphatic imine (C=N–C) groups is 1. The van der Waals surface area contributed by atoms with Crippen molar-refractivity contribution in [2.75, 3.05) is 20.7 Å². The van der Waals surface area contributed by atoms with E-state index in [1.807, 2.05) is 0 Å². The molecule has 0 aromatic carbocycles. The normalized spacial score (nSPS) is 29.2. The minimum absolute atomic E-state index is 0.0509. The van der Waals surface area contributed by atoms with Crippen molar-refractivity contribution < 1.29 is 44.0 Å². The lowest BCUT2D eigenvalue weighted by Gasteiger charge is -2.39. The molecule has 0 saturated carbocycles. The fraction of sp³-hybridized carbons (Fsp3) is 0.800. The van der Waals surface area contributed by atoms with E-state index in [1.165, 1.54) is 4.90 Å². The van der Waals surface area contributed by atoms with Gasteiger partial charge in [0.1, 0.15) is 24.4 Å². The molecule has 1 aliphatic heterocycles. The van der Waals surface area contributed by atoms with Crippen LogP contribution in [0.5, 0.6) is 0 Å². The van der Waals surface area contributed by atoms with Crippen LogP contribution in [0.4, 0.5) is 0 Å². The Labute approximate surface area is 143 Å². The summed E-state index contributed by atoms with van der Waals surface area (Å²) < 4.78 is 19.2. The van der Waals surface area contributed by atoms with Crippen LogP contribution in [-0.4, -0.2) is 98.4 Å². The van der Waals surface area contributed by atoms with Crippen LogP contribution in [0.15, 0.2) is 4.99 Å². The zero-order valence-corrected chi connectivity index (χ0v) is 14.4. The highest BCUT2D eigenvalue weighted by atomic mass is 31.2. The Kier molecular flexibility index (Phi) is 9.42. The van der Waals surface area contributed by atoms with Crippen LogP contribution in [0.25, 0.3) is 0 Å². The van der Waals surface area contributed by atoms with E-state index in [9.17, 15) is 19.9 Å². The summed E-state index contributed by atoms with van der Waals surface area (Å²) in [6.07, 6.45) is -8.25. The number of nitrogens with zero attached hydrogens (tertiary/aromatic N) is 2. The standard InChI is InChI=1S/C6H13O9P.C4H11N5/c7-1-2-3(8)4(9)5(10)6(14-2)15-16(11,12)13;1-9(2)4(7)8-3(5)6/h2-10H,1H2,(H2,11,12,13);1-2H3,(H5,5,6,7,8)/t2-,3-,4+,5-,6+;/m1./s1. The number of guanidine groups is 2. The number of aliphatic hydroxyl groups excluding tert-OH is 4. The highest BCUT2D eigenvalue weighted by molar-refractivity contribution is 7.46. The van der Waals surface area contributed by atoms with Gasteiger partial charge in [-0.3, -0.25) is 9.93 Å². The van der Waals surface area contributed by atoms with E-state index in [0.717, 1.165) is 0 Å². The summed E-state index contributed by atoms with van der Waals surface area (Å²) in [4.78, 5) is 21.9. The van der Waals surface area contributed by atoms with Crippen LogP contribution in [0.2, 0.25) is 0 Å². The van der Waals surface area contributed by atoms with Gasteiger partial charge in [0, 0.05) is 14.1 Å². The van der Waals surface area contributed by atoms with Crippen LogP contribution in [0.1, 0.15) is 0 Å². The average molecular weight is 389 g/mol. The molecule has 1 rings (SSSR count). The van der Waals surface area contributed by atoms with Gasteiger partial charge in [0.2, 0.25) is 5.96 Å². The maximum absolute atomic E-state index is 10.5. The van der Waals surface area contributed by atoms with Crippen LogP contribution < -0.4 is 11.5 Å². The molecule has 14 nitrogen and oxygen atoms in total. The molecule has 0 spiro atoms. The van der Waals surface area contributed by atoms with Crippen molar-refractivity contribution >= 4 is 19.7 Å². The van der Waals surface area contributed by atoms with Gasteiger partial charge >= 0.3 is 7.82 Å². The van der Waals surface area contributed by atoms with Crippen LogP contribution in [0, 0.1) is 5.41 Å². The number of aliphatic hydroxyl groups is 4. The second-order valence-corrected chi connectivity index (χ2v) is 6.24. The molecule has 148 valence electrons. The van der Waals surface area contributed by atoms with Crippen LogP contribution >= 0.6 is 7.82 Å². The third-order valence-electron chi connectivity index (χ3n) is 2.75. The molecule has 0 radical (unpaired) electrons. The van der Waals surface area contributed by atoms with Crippen molar-refractivity contribution in [3.63, 3.8) is 0 Å². The number of phosphoric ester groups is 1. The van der Waals surface area contributed by atoms with Crippen molar-refractivity contribution in [3.05, 3.63) is 0 Å². The number of phosphoric acid groups is 1. The number of ether oxygens (including phenoxy) is 1. The zero-order chi connectivity index (χ0) is 19.9. The molecule has 1 aliphatic rings. The molecule has 0 bridgehead atoms. The average Bonchev–Trinajstić information content (AvgIpc) is 2.46. The lowest BCUT2D eigenvalue weighted by molar-refractivity contribution is -0.280. The molecule has 5 atom stereocenters. The molecular formula is C10H24N5O9P. The molecule has 0 aliphatic carbocycles. The van der Waals surface area contributed by atoms with E-state index >= 15 is 0 Å². The Morgan fingerprint density at radius 1 is 1.24 bits per heavy atom. The van der Waals surface area contributed by atoms with Crippen molar-refractivity contribution in [2.24, 2.45) is 16.5 Å². The monoisotopic (exact) mass is 389 g/mol. The summed E-state index contributed by atoms with van der Waals surface area (Å²) in [5, 5.41) is 43.7. The second kappa shape index (κ2) is 9.96. The van der Waals surface area contributed by atoms with Gasteiger partial charge in [-0.25, -0.2) is 4.57 Å². The first-order chi connectivity index (χ1) is 11.3. The third-order valence-corrected chi connectivity index (χ3v) is 3.23. The maximum Gasteiger partial charge on any atom is 0.472 e. The fourth-order valence-corrected chi connectivity index (χ4v) is 1.96. The molecule has 11 N–H and O–H groups in total. The number of hydrogen-bond donors (Lipinski definition) is 9. The van der Waals surface area contributed by atoms with E-state index < -0.39 is 45.1 Å². The molecule has 0 unspecified atom stereocenters. The van der Waals surface area contributed by atoms with Crippen LogP contribution in [0.3, 0.4) is 0 Å². The zero-order valence-electron chi connectivity index (χ0n) is 13.5. The highest BCUT2D eigenvalue weighted by Gasteiger charge is 2.46. The molecule has 0 aromatic heterocycles. The minimum Gasteiger partial charge on any atom is -0.394 e. The Hall–Kier alpha value is -1.35. The minimum atomic E-state index is -4.91. The predicted octanol–water partition coefficient (Wildman–Crippen LogP) is -4.35. The predicted molar refractivity (Wildman–Crippen MR) is 84.1 cm³/mol. The van der Waals surface area contributed by atoms with E-state index in [2.05, 4.69) is 14.3 Å². The van der Waals surface area contributed by atoms with E-state index in [0.29, 0.717) is 0 Å². The summed E-state index contributed by atoms with van der Waals surface area (Å²) >= 11 is 0. The first-order valence-electron chi connectivity index (χ1n) is 6.70. The molecule has 1 heterocycles. The van der Waals surface area contributed by atoms with Gasteiger partial charge in [0.15, 0.2) is 12.2 Å². The third kappa shape index (κ3) is 8.53. The van der Waals surface area contributed by atoms with Gasteiger partial charge in [-0.05, 0) is 0 Å². The Morgan fingerprint density at radius 2 is 1.76 bits per heavy atom. The smallest absolute Gasteiger partial charge is 0.394 e. The molecule has 1 saturated heterocycles. The van der Waals surface area contributed by atoms with Crippen LogP contribution in [-0.2, 0) is 13.8 Å². The fourth-order valence-electron chi connectivity index (χ4n) is 1.51. The first-order valence-corrected chi connectivity index (χ1v) is 8.23. The van der Waals surface area contributed by atoms with Gasteiger partial charge in [0.05, 0.1) is 6.61 Å². The molecule has 15 heteroatoms. The largest absolute Gasteiger partial charge is 0.472 e. The lowest BCUT2D eigenvalue weighted by Crippen LogP contribution is -2.58. The van der Waals surface area contributed by atoms with E-state index in [-0.39, 0.29) is 11.9 Å². The van der Waals surface area contributed by atoms with Crippen molar-refractivity contribution in [2.45, 2.75) is 30.7 Å². The summed E-state index contributed by atoms with van der Waals surface area (Å²) in [7, 11) is -1.54. The molecule has 25 heavy (non-hydrogen) atoms. The Balaban J connectivity index is 0.000000547. The Bertz CT molecular complexity index is 507. The highest BCUT2D eigenvalue weighted by Crippen LogP contribution is 2.40. The molecule has 1 fully saturated rings. The summed E-state index contributed by atoms with van der Waals surface area (Å²) in [6.45, 7) is -0.702. The van der Waals surface area contributed by atoms with Crippen molar-refractivity contribution in [1.82, 2.24) is 4.90 Å². The summed E-state index contributed by atoms with van der Waals surface area (Å²) in [5.74, 6) is -0.0382. The van der Waals surface area contributed by atoms with E-state index in [1.54, 1.807) is 14.1 Å².